The Hall–Kier alpha value is -2.02. The van der Waals surface area contributed by atoms with E-state index in [9.17, 15) is 19.3 Å². The maximum absolute atomic E-state index is 13.3. The van der Waals surface area contributed by atoms with Gasteiger partial charge in [-0.1, -0.05) is 20.8 Å². The van der Waals surface area contributed by atoms with Crippen molar-refractivity contribution in [3.63, 3.8) is 0 Å². The van der Waals surface area contributed by atoms with E-state index in [0.717, 1.165) is 18.2 Å². The molecule has 1 amide bonds. The topological polar surface area (TPSA) is 92.5 Å². The first-order valence-electron chi connectivity index (χ1n) is 6.52. The minimum atomic E-state index is -0.844. The van der Waals surface area contributed by atoms with Crippen molar-refractivity contribution in [3.05, 3.63) is 39.7 Å². The third-order valence-corrected chi connectivity index (χ3v) is 3.12. The molecule has 1 atom stereocenters. The quantitative estimate of drug-likeness (QED) is 0.644. The van der Waals surface area contributed by atoms with Crippen LogP contribution in [-0.4, -0.2) is 28.6 Å². The minimum Gasteiger partial charge on any atom is -0.396 e. The van der Waals surface area contributed by atoms with Crippen LogP contribution in [0.25, 0.3) is 0 Å². The zero-order valence-electron chi connectivity index (χ0n) is 12.2. The second-order valence-electron chi connectivity index (χ2n) is 5.86. The first-order valence-corrected chi connectivity index (χ1v) is 6.52. The number of nitro benzene ring substituents is 1. The van der Waals surface area contributed by atoms with Gasteiger partial charge in [0.05, 0.1) is 11.0 Å². The number of aliphatic hydroxyl groups excluding tert-OH is 1. The van der Waals surface area contributed by atoms with Crippen molar-refractivity contribution in [2.45, 2.75) is 33.2 Å². The van der Waals surface area contributed by atoms with Gasteiger partial charge in [-0.2, -0.15) is 0 Å². The predicted molar refractivity (Wildman–Crippen MR) is 75.5 cm³/mol. The Bertz CT molecular complexity index is 540. The van der Waals surface area contributed by atoms with Crippen molar-refractivity contribution in [2.75, 3.05) is 6.61 Å². The lowest BCUT2D eigenvalue weighted by atomic mass is 9.84. The second-order valence-corrected chi connectivity index (χ2v) is 5.86. The fourth-order valence-electron chi connectivity index (χ4n) is 1.90. The van der Waals surface area contributed by atoms with Crippen molar-refractivity contribution in [3.8, 4) is 0 Å². The number of nitro groups is 1. The van der Waals surface area contributed by atoms with E-state index in [1.54, 1.807) is 0 Å². The van der Waals surface area contributed by atoms with Gasteiger partial charge in [-0.15, -0.1) is 0 Å². The highest BCUT2D eigenvalue weighted by Crippen LogP contribution is 2.23. The summed E-state index contributed by atoms with van der Waals surface area (Å²) in [7, 11) is 0. The highest BCUT2D eigenvalue weighted by molar-refractivity contribution is 5.95. The summed E-state index contributed by atoms with van der Waals surface area (Å²) in [6.45, 7) is 5.57. The Kier molecular flexibility index (Phi) is 5.37. The molecule has 7 heteroatoms. The van der Waals surface area contributed by atoms with Crippen molar-refractivity contribution >= 4 is 11.6 Å². The summed E-state index contributed by atoms with van der Waals surface area (Å²) in [5.41, 5.74) is -0.902. The first-order chi connectivity index (χ1) is 9.65. The van der Waals surface area contributed by atoms with Gasteiger partial charge in [-0.3, -0.25) is 14.9 Å². The van der Waals surface area contributed by atoms with Crippen molar-refractivity contribution in [1.82, 2.24) is 5.32 Å². The van der Waals surface area contributed by atoms with Crippen molar-refractivity contribution in [1.29, 1.82) is 0 Å². The summed E-state index contributed by atoms with van der Waals surface area (Å²) in [5, 5.41) is 22.4. The van der Waals surface area contributed by atoms with E-state index in [1.165, 1.54) is 0 Å². The molecule has 0 bridgehead atoms. The van der Waals surface area contributed by atoms with E-state index < -0.39 is 22.3 Å². The van der Waals surface area contributed by atoms with Crippen LogP contribution in [-0.2, 0) is 0 Å². The molecule has 1 aromatic carbocycles. The van der Waals surface area contributed by atoms with Crippen LogP contribution in [0.4, 0.5) is 10.1 Å². The number of rotatable bonds is 5. The fraction of sp³-hybridized carbons (Fsp3) is 0.500. The number of carbonyl (C=O) groups excluding carboxylic acids is 1. The normalized spacial score (nSPS) is 12.8. The second kappa shape index (κ2) is 6.62. The zero-order chi connectivity index (χ0) is 16.2. The Labute approximate surface area is 122 Å². The van der Waals surface area contributed by atoms with E-state index in [4.69, 9.17) is 5.11 Å². The van der Waals surface area contributed by atoms with E-state index >= 15 is 0 Å². The molecule has 1 unspecified atom stereocenters. The van der Waals surface area contributed by atoms with Crippen molar-refractivity contribution in [2.24, 2.45) is 5.41 Å². The van der Waals surface area contributed by atoms with Crippen LogP contribution < -0.4 is 5.32 Å². The predicted octanol–water partition coefficient (Wildman–Crippen LogP) is 2.26. The van der Waals surface area contributed by atoms with E-state index in [2.05, 4.69) is 5.32 Å². The standard InChI is InChI=1S/C14H19FN2O4/c1-14(2,3)12(4-5-18)16-13(19)9-6-10(15)8-11(7-9)17(20)21/h6-8,12,18H,4-5H2,1-3H3,(H,16,19). The van der Waals surface area contributed by atoms with Crippen LogP contribution >= 0.6 is 0 Å². The molecule has 116 valence electrons. The number of nitrogens with one attached hydrogen (secondary N) is 1. The number of non-ortho nitro benzene ring substituents is 1. The highest BCUT2D eigenvalue weighted by atomic mass is 19.1. The Morgan fingerprint density at radius 2 is 2.05 bits per heavy atom. The molecule has 0 heterocycles. The summed E-state index contributed by atoms with van der Waals surface area (Å²) in [4.78, 5) is 22.1. The number of aliphatic hydroxyl groups is 1. The lowest BCUT2D eigenvalue weighted by Crippen LogP contribution is -2.44. The van der Waals surface area contributed by atoms with Gasteiger partial charge in [0.2, 0.25) is 0 Å². The summed E-state index contributed by atoms with van der Waals surface area (Å²) in [6.07, 6.45) is 0.340. The molecule has 0 radical (unpaired) electrons. The molecule has 6 nitrogen and oxygen atoms in total. The van der Waals surface area contributed by atoms with Gasteiger partial charge in [0.25, 0.3) is 11.6 Å². The van der Waals surface area contributed by atoms with Crippen LogP contribution in [0.2, 0.25) is 0 Å². The molecule has 0 aliphatic rings. The minimum absolute atomic E-state index is 0.106. The van der Waals surface area contributed by atoms with Crippen LogP contribution in [0.1, 0.15) is 37.6 Å². The molecule has 21 heavy (non-hydrogen) atoms. The summed E-state index contributed by atoms with van der Waals surface area (Å²) >= 11 is 0. The van der Waals surface area contributed by atoms with E-state index in [1.807, 2.05) is 20.8 Å². The Balaban J connectivity index is 3.00. The molecular formula is C14H19FN2O4. The Morgan fingerprint density at radius 1 is 1.43 bits per heavy atom. The van der Waals surface area contributed by atoms with Gasteiger partial charge in [-0.25, -0.2) is 4.39 Å². The smallest absolute Gasteiger partial charge is 0.273 e. The number of carbonyl (C=O) groups is 1. The molecule has 0 aliphatic heterocycles. The molecule has 0 saturated carbocycles. The van der Waals surface area contributed by atoms with Gasteiger partial charge < -0.3 is 10.4 Å². The number of hydrogen-bond acceptors (Lipinski definition) is 4. The molecule has 1 aromatic rings. The van der Waals surface area contributed by atoms with Gasteiger partial charge in [0.15, 0.2) is 0 Å². The zero-order valence-corrected chi connectivity index (χ0v) is 12.2. The van der Waals surface area contributed by atoms with Gasteiger partial charge in [-0.05, 0) is 17.9 Å². The summed E-state index contributed by atoms with van der Waals surface area (Å²) in [6, 6.07) is 2.39. The number of halogens is 1. The summed E-state index contributed by atoms with van der Waals surface area (Å²) < 4.78 is 13.3. The summed E-state index contributed by atoms with van der Waals surface area (Å²) in [5.74, 6) is -1.45. The largest absolute Gasteiger partial charge is 0.396 e. The number of nitrogens with zero attached hydrogens (tertiary/aromatic N) is 1. The maximum Gasteiger partial charge on any atom is 0.273 e. The van der Waals surface area contributed by atoms with E-state index in [0.29, 0.717) is 6.42 Å². The van der Waals surface area contributed by atoms with Crippen LogP contribution in [0, 0.1) is 21.3 Å². The molecular weight excluding hydrogens is 279 g/mol. The van der Waals surface area contributed by atoms with Crippen LogP contribution in [0.3, 0.4) is 0 Å². The molecule has 1 rings (SSSR count). The highest BCUT2D eigenvalue weighted by Gasteiger charge is 2.26. The lowest BCUT2D eigenvalue weighted by Gasteiger charge is -2.31. The van der Waals surface area contributed by atoms with E-state index in [-0.39, 0.29) is 23.6 Å². The number of amides is 1. The average Bonchev–Trinajstić information content (AvgIpc) is 2.36. The molecule has 0 saturated heterocycles. The molecule has 0 fully saturated rings. The van der Waals surface area contributed by atoms with Crippen molar-refractivity contribution < 1.29 is 19.2 Å². The number of hydrogen-bond donors (Lipinski definition) is 2. The average molecular weight is 298 g/mol. The van der Waals surface area contributed by atoms with Gasteiger partial charge in [0.1, 0.15) is 5.82 Å². The first kappa shape index (κ1) is 17.0. The van der Waals surface area contributed by atoms with Crippen LogP contribution in [0.5, 0.6) is 0 Å². The molecule has 0 aliphatic carbocycles. The molecule has 2 N–H and O–H groups in total. The molecule has 0 spiro atoms. The molecule has 0 aromatic heterocycles. The SMILES string of the molecule is CC(C)(C)C(CCO)NC(=O)c1cc(F)cc([N+](=O)[O-])c1. The third-order valence-electron chi connectivity index (χ3n) is 3.12. The Morgan fingerprint density at radius 3 is 2.52 bits per heavy atom. The third kappa shape index (κ3) is 4.78. The van der Waals surface area contributed by atoms with Gasteiger partial charge >= 0.3 is 0 Å². The maximum atomic E-state index is 13.3. The fourth-order valence-corrected chi connectivity index (χ4v) is 1.90. The monoisotopic (exact) mass is 298 g/mol. The van der Waals surface area contributed by atoms with Gasteiger partial charge in [0, 0.05) is 24.3 Å². The van der Waals surface area contributed by atoms with Crippen LogP contribution in [0.15, 0.2) is 18.2 Å². The number of benzene rings is 1. The lowest BCUT2D eigenvalue weighted by molar-refractivity contribution is -0.385.